The molecule has 0 saturated carbocycles. The number of nitrogens with zero attached hydrogens (tertiary/aromatic N) is 3. The van der Waals surface area contributed by atoms with Gasteiger partial charge in [-0.1, -0.05) is 39.2 Å². The summed E-state index contributed by atoms with van der Waals surface area (Å²) in [6.07, 6.45) is -1.29. The number of carbonyl (C=O) groups is 1. The number of ether oxygens (including phenoxy) is 3. The van der Waals surface area contributed by atoms with Crippen LogP contribution >= 0.6 is 15.9 Å². The lowest BCUT2D eigenvalue weighted by Crippen LogP contribution is -2.50. The standard InChI is InChI=1S/C14H16BrN3O4/c1-20-12-7-10(17-18-16)13(11(8-15)21-12)22-14(19)9-5-3-2-4-6-9/h2-6,10-13H,7-8H2,1H3/t10-,11-,12+,13+/m1/s1. The number of esters is 1. The number of carbonyl (C=O) groups excluding carboxylic acids is 1. The van der Waals surface area contributed by atoms with Crippen molar-refractivity contribution in [2.45, 2.75) is 31.0 Å². The van der Waals surface area contributed by atoms with Gasteiger partial charge in [0.25, 0.3) is 0 Å². The lowest BCUT2D eigenvalue weighted by atomic mass is 10.00. The highest BCUT2D eigenvalue weighted by atomic mass is 79.9. The minimum absolute atomic E-state index is 0.330. The first-order chi connectivity index (χ1) is 10.7. The van der Waals surface area contributed by atoms with Crippen molar-refractivity contribution in [1.29, 1.82) is 0 Å². The summed E-state index contributed by atoms with van der Waals surface area (Å²) in [4.78, 5) is 15.1. The van der Waals surface area contributed by atoms with Gasteiger partial charge in [0.05, 0.1) is 11.6 Å². The molecule has 7 nitrogen and oxygen atoms in total. The summed E-state index contributed by atoms with van der Waals surface area (Å²) in [7, 11) is 1.51. The molecule has 0 bridgehead atoms. The van der Waals surface area contributed by atoms with Gasteiger partial charge < -0.3 is 14.2 Å². The van der Waals surface area contributed by atoms with Gasteiger partial charge in [0.2, 0.25) is 0 Å². The van der Waals surface area contributed by atoms with Gasteiger partial charge in [0, 0.05) is 23.8 Å². The zero-order chi connectivity index (χ0) is 15.9. The van der Waals surface area contributed by atoms with Crippen LogP contribution in [0, 0.1) is 0 Å². The molecule has 1 heterocycles. The highest BCUT2D eigenvalue weighted by Crippen LogP contribution is 2.27. The summed E-state index contributed by atoms with van der Waals surface area (Å²) in [5.74, 6) is -0.478. The molecule has 0 radical (unpaired) electrons. The fraction of sp³-hybridized carbons (Fsp3) is 0.500. The summed E-state index contributed by atoms with van der Waals surface area (Å²) in [5.41, 5.74) is 9.16. The van der Waals surface area contributed by atoms with Crippen LogP contribution in [-0.2, 0) is 14.2 Å². The Bertz CT molecular complexity index is 550. The highest BCUT2D eigenvalue weighted by molar-refractivity contribution is 9.09. The maximum Gasteiger partial charge on any atom is 0.338 e. The molecule has 0 N–H and O–H groups in total. The predicted molar refractivity (Wildman–Crippen MR) is 82.7 cm³/mol. The third-order valence-electron chi connectivity index (χ3n) is 3.37. The van der Waals surface area contributed by atoms with E-state index in [2.05, 4.69) is 26.0 Å². The fourth-order valence-corrected chi connectivity index (χ4v) is 2.80. The lowest BCUT2D eigenvalue weighted by Gasteiger charge is -2.38. The average Bonchev–Trinajstić information content (AvgIpc) is 2.57. The van der Waals surface area contributed by atoms with Crippen molar-refractivity contribution in [3.8, 4) is 0 Å². The molecule has 1 fully saturated rings. The number of alkyl halides is 1. The van der Waals surface area contributed by atoms with Gasteiger partial charge in [-0.3, -0.25) is 0 Å². The fourth-order valence-electron chi connectivity index (χ4n) is 2.28. The summed E-state index contributed by atoms with van der Waals surface area (Å²) in [6, 6.07) is 8.10. The predicted octanol–water partition coefficient (Wildman–Crippen LogP) is 3.05. The van der Waals surface area contributed by atoms with Gasteiger partial charge in [-0.25, -0.2) is 4.79 Å². The number of methoxy groups -OCH3 is 1. The first-order valence-corrected chi connectivity index (χ1v) is 7.86. The normalized spacial score (nSPS) is 27.7. The largest absolute Gasteiger partial charge is 0.456 e. The molecule has 0 unspecified atom stereocenters. The van der Waals surface area contributed by atoms with Crippen molar-refractivity contribution in [3.63, 3.8) is 0 Å². The second kappa shape index (κ2) is 8.14. The van der Waals surface area contributed by atoms with Crippen LogP contribution in [0.2, 0.25) is 0 Å². The van der Waals surface area contributed by atoms with E-state index in [-0.39, 0.29) is 0 Å². The van der Waals surface area contributed by atoms with Gasteiger partial charge in [-0.05, 0) is 17.7 Å². The topological polar surface area (TPSA) is 93.5 Å². The van der Waals surface area contributed by atoms with Gasteiger partial charge in [-0.15, -0.1) is 0 Å². The second-order valence-electron chi connectivity index (χ2n) is 4.74. The van der Waals surface area contributed by atoms with Crippen molar-refractivity contribution in [2.24, 2.45) is 5.11 Å². The molecule has 118 valence electrons. The molecule has 1 aromatic rings. The molecule has 0 aromatic heterocycles. The first-order valence-electron chi connectivity index (χ1n) is 6.74. The highest BCUT2D eigenvalue weighted by Gasteiger charge is 2.40. The van der Waals surface area contributed by atoms with Crippen LogP contribution in [0.3, 0.4) is 0 Å². The van der Waals surface area contributed by atoms with E-state index in [0.717, 1.165) is 0 Å². The van der Waals surface area contributed by atoms with Crippen molar-refractivity contribution in [1.82, 2.24) is 0 Å². The molecular formula is C14H16BrN3O4. The van der Waals surface area contributed by atoms with E-state index in [4.69, 9.17) is 19.7 Å². The Hall–Kier alpha value is -1.60. The van der Waals surface area contributed by atoms with Gasteiger partial charge >= 0.3 is 5.97 Å². The van der Waals surface area contributed by atoms with Crippen LogP contribution in [-0.4, -0.2) is 42.9 Å². The van der Waals surface area contributed by atoms with Crippen LogP contribution in [0.4, 0.5) is 0 Å². The molecule has 1 aliphatic heterocycles. The van der Waals surface area contributed by atoms with Crippen LogP contribution < -0.4 is 0 Å². The number of hydrogen-bond acceptors (Lipinski definition) is 5. The quantitative estimate of drug-likeness (QED) is 0.262. The number of benzene rings is 1. The Morgan fingerprint density at radius 1 is 1.50 bits per heavy atom. The zero-order valence-corrected chi connectivity index (χ0v) is 13.5. The maximum atomic E-state index is 12.2. The molecule has 1 saturated heterocycles. The van der Waals surface area contributed by atoms with Crippen molar-refractivity contribution < 1.29 is 19.0 Å². The van der Waals surface area contributed by atoms with E-state index in [1.165, 1.54) is 7.11 Å². The van der Waals surface area contributed by atoms with Crippen LogP contribution in [0.5, 0.6) is 0 Å². The Kier molecular flexibility index (Phi) is 6.21. The summed E-state index contributed by atoms with van der Waals surface area (Å²) in [6.45, 7) is 0. The van der Waals surface area contributed by atoms with E-state index in [1.807, 2.05) is 6.07 Å². The lowest BCUT2D eigenvalue weighted by molar-refractivity contribution is -0.209. The van der Waals surface area contributed by atoms with Crippen LogP contribution in [0.1, 0.15) is 16.8 Å². The van der Waals surface area contributed by atoms with Crippen LogP contribution in [0.15, 0.2) is 35.4 Å². The Morgan fingerprint density at radius 3 is 2.82 bits per heavy atom. The average molecular weight is 370 g/mol. The SMILES string of the molecule is CO[C@@H]1C[C@@H](N=[N+]=[N-])[C@H](OC(=O)c2ccccc2)[C@@H](CBr)O1. The molecule has 0 aliphatic carbocycles. The molecule has 4 atom stereocenters. The van der Waals surface area contributed by atoms with Gasteiger partial charge in [0.1, 0.15) is 12.2 Å². The molecular weight excluding hydrogens is 354 g/mol. The number of rotatable bonds is 5. The van der Waals surface area contributed by atoms with Gasteiger partial charge in [0.15, 0.2) is 6.29 Å². The molecule has 22 heavy (non-hydrogen) atoms. The number of halogens is 1. The molecule has 8 heteroatoms. The van der Waals surface area contributed by atoms with E-state index >= 15 is 0 Å². The third kappa shape index (κ3) is 3.98. The first kappa shape index (κ1) is 16.8. The summed E-state index contributed by atoms with van der Waals surface area (Å²) in [5, 5.41) is 4.16. The van der Waals surface area contributed by atoms with E-state index < -0.39 is 30.5 Å². The minimum atomic E-state index is -0.672. The number of hydrogen-bond donors (Lipinski definition) is 0. The summed E-state index contributed by atoms with van der Waals surface area (Å²) < 4.78 is 16.4. The third-order valence-corrected chi connectivity index (χ3v) is 4.01. The Morgan fingerprint density at radius 2 is 2.23 bits per heavy atom. The van der Waals surface area contributed by atoms with Crippen molar-refractivity contribution >= 4 is 21.9 Å². The number of azide groups is 1. The minimum Gasteiger partial charge on any atom is -0.456 e. The van der Waals surface area contributed by atoms with Gasteiger partial charge in [-0.2, -0.15) is 0 Å². The second-order valence-corrected chi connectivity index (χ2v) is 5.39. The van der Waals surface area contributed by atoms with E-state index in [9.17, 15) is 4.79 Å². The van der Waals surface area contributed by atoms with E-state index in [0.29, 0.717) is 17.3 Å². The van der Waals surface area contributed by atoms with Crippen LogP contribution in [0.25, 0.3) is 10.4 Å². The molecule has 0 amide bonds. The van der Waals surface area contributed by atoms with Crippen molar-refractivity contribution in [2.75, 3.05) is 12.4 Å². The molecule has 2 rings (SSSR count). The monoisotopic (exact) mass is 369 g/mol. The zero-order valence-electron chi connectivity index (χ0n) is 12.0. The molecule has 1 aromatic carbocycles. The van der Waals surface area contributed by atoms with E-state index in [1.54, 1.807) is 24.3 Å². The summed E-state index contributed by atoms with van der Waals surface area (Å²) >= 11 is 3.33. The maximum absolute atomic E-state index is 12.2. The Labute approximate surface area is 136 Å². The Balaban J connectivity index is 2.17. The van der Waals surface area contributed by atoms with Crippen molar-refractivity contribution in [3.05, 3.63) is 46.3 Å². The molecule has 0 spiro atoms. The molecule has 1 aliphatic rings. The smallest absolute Gasteiger partial charge is 0.338 e.